The van der Waals surface area contributed by atoms with Gasteiger partial charge in [-0.3, -0.25) is 4.79 Å². The van der Waals surface area contributed by atoms with Gasteiger partial charge in [0.15, 0.2) is 0 Å². The Labute approximate surface area is 93.1 Å². The van der Waals surface area contributed by atoms with Gasteiger partial charge in [-0.1, -0.05) is 25.2 Å². The summed E-state index contributed by atoms with van der Waals surface area (Å²) in [7, 11) is 0. The number of hydrogen-bond donors (Lipinski definition) is 2. The smallest absolute Gasteiger partial charge is 0.226 e. The maximum Gasteiger partial charge on any atom is 0.226 e. The molecule has 0 aromatic carbocycles. The topological polar surface area (TPSA) is 80.9 Å². The van der Waals surface area contributed by atoms with Crippen LogP contribution in [-0.2, 0) is 11.2 Å². The molecule has 0 saturated carbocycles. The highest BCUT2D eigenvalue weighted by Crippen LogP contribution is 2.15. The molecule has 1 aromatic heterocycles. The summed E-state index contributed by atoms with van der Waals surface area (Å²) < 4.78 is 0. The summed E-state index contributed by atoms with van der Waals surface area (Å²) in [5.74, 6) is 0.335. The third-order valence-electron chi connectivity index (χ3n) is 1.67. The molecule has 1 aromatic rings. The molecule has 0 bridgehead atoms. The molecule has 6 heteroatoms. The molecule has 3 N–H and O–H groups in total. The van der Waals surface area contributed by atoms with E-state index >= 15 is 0 Å². The van der Waals surface area contributed by atoms with E-state index in [0.717, 1.165) is 5.01 Å². The average molecular weight is 228 g/mol. The van der Waals surface area contributed by atoms with Crippen LogP contribution in [0.25, 0.3) is 0 Å². The van der Waals surface area contributed by atoms with Crippen molar-refractivity contribution in [2.75, 3.05) is 11.9 Å². The van der Waals surface area contributed by atoms with Crippen LogP contribution in [0.5, 0.6) is 0 Å². The largest absolute Gasteiger partial charge is 0.330 e. The van der Waals surface area contributed by atoms with Gasteiger partial charge in [0.2, 0.25) is 11.0 Å². The second-order valence-electron chi connectivity index (χ2n) is 3.69. The van der Waals surface area contributed by atoms with Gasteiger partial charge in [0.05, 0.1) is 0 Å². The fourth-order valence-electron chi connectivity index (χ4n) is 1.07. The Morgan fingerprint density at radius 3 is 2.87 bits per heavy atom. The fourth-order valence-corrected chi connectivity index (χ4v) is 1.84. The highest BCUT2D eigenvalue weighted by Gasteiger charge is 2.08. The Morgan fingerprint density at radius 1 is 1.53 bits per heavy atom. The number of nitrogens with one attached hydrogen (secondary N) is 1. The van der Waals surface area contributed by atoms with Crippen LogP contribution in [0.15, 0.2) is 0 Å². The summed E-state index contributed by atoms with van der Waals surface area (Å²) in [6.07, 6.45) is 1.21. The van der Waals surface area contributed by atoms with Crippen molar-refractivity contribution in [1.29, 1.82) is 0 Å². The van der Waals surface area contributed by atoms with Crippen LogP contribution in [0.3, 0.4) is 0 Å². The first kappa shape index (κ1) is 12.1. The van der Waals surface area contributed by atoms with Crippen molar-refractivity contribution in [3.8, 4) is 0 Å². The maximum atomic E-state index is 11.4. The molecule has 0 atom stereocenters. The predicted molar refractivity (Wildman–Crippen MR) is 60.8 cm³/mol. The first-order chi connectivity index (χ1) is 7.11. The average Bonchev–Trinajstić information content (AvgIpc) is 2.51. The summed E-state index contributed by atoms with van der Waals surface area (Å²) in [5.41, 5.74) is 5.39. The minimum absolute atomic E-state index is 0.0135. The Kier molecular flexibility index (Phi) is 4.64. The lowest BCUT2D eigenvalue weighted by molar-refractivity contribution is -0.116. The van der Waals surface area contributed by atoms with E-state index in [2.05, 4.69) is 15.5 Å². The molecule has 0 saturated heterocycles. The van der Waals surface area contributed by atoms with Gasteiger partial charge in [0, 0.05) is 12.8 Å². The molecule has 1 heterocycles. The lowest BCUT2D eigenvalue weighted by atomic mass is 10.1. The number of aromatic nitrogens is 2. The summed E-state index contributed by atoms with van der Waals surface area (Å²) in [5, 5.41) is 11.9. The lowest BCUT2D eigenvalue weighted by Gasteiger charge is -2.02. The first-order valence-corrected chi connectivity index (χ1v) is 5.75. The van der Waals surface area contributed by atoms with E-state index < -0.39 is 0 Å². The molecule has 0 fully saturated rings. The molecule has 15 heavy (non-hydrogen) atoms. The summed E-state index contributed by atoms with van der Waals surface area (Å²) in [4.78, 5) is 11.4. The van der Waals surface area contributed by atoms with Crippen molar-refractivity contribution in [2.45, 2.75) is 26.7 Å². The number of rotatable bonds is 5. The van der Waals surface area contributed by atoms with E-state index in [1.807, 2.05) is 13.8 Å². The van der Waals surface area contributed by atoms with Crippen LogP contribution < -0.4 is 11.1 Å². The maximum absolute atomic E-state index is 11.4. The molecule has 0 spiro atoms. The zero-order valence-electron chi connectivity index (χ0n) is 8.99. The number of anilines is 1. The number of amides is 1. The summed E-state index contributed by atoms with van der Waals surface area (Å²) in [6.45, 7) is 4.55. The van der Waals surface area contributed by atoms with E-state index in [1.54, 1.807) is 0 Å². The van der Waals surface area contributed by atoms with Gasteiger partial charge < -0.3 is 11.1 Å². The lowest BCUT2D eigenvalue weighted by Crippen LogP contribution is -2.13. The quantitative estimate of drug-likeness (QED) is 0.788. The number of hydrogen-bond acceptors (Lipinski definition) is 5. The third kappa shape index (κ3) is 4.35. The van der Waals surface area contributed by atoms with E-state index in [4.69, 9.17) is 5.73 Å². The van der Waals surface area contributed by atoms with Crippen molar-refractivity contribution < 1.29 is 4.79 Å². The van der Waals surface area contributed by atoms with Crippen molar-refractivity contribution in [2.24, 2.45) is 11.7 Å². The fraction of sp³-hybridized carbons (Fsp3) is 0.667. The second kappa shape index (κ2) is 5.77. The van der Waals surface area contributed by atoms with E-state index in [0.29, 0.717) is 30.4 Å². The van der Waals surface area contributed by atoms with Crippen molar-refractivity contribution in [3.05, 3.63) is 5.01 Å². The van der Waals surface area contributed by atoms with Crippen LogP contribution in [-0.4, -0.2) is 22.6 Å². The minimum Gasteiger partial charge on any atom is -0.330 e. The molecule has 1 rings (SSSR count). The van der Waals surface area contributed by atoms with E-state index in [1.165, 1.54) is 11.3 Å². The van der Waals surface area contributed by atoms with Gasteiger partial charge in [0.1, 0.15) is 5.01 Å². The zero-order chi connectivity index (χ0) is 11.3. The molecular weight excluding hydrogens is 212 g/mol. The van der Waals surface area contributed by atoms with Gasteiger partial charge in [-0.25, -0.2) is 0 Å². The Bertz CT molecular complexity index is 324. The Hall–Kier alpha value is -1.01. The van der Waals surface area contributed by atoms with Crippen LogP contribution in [0.1, 0.15) is 25.3 Å². The zero-order valence-corrected chi connectivity index (χ0v) is 9.80. The molecule has 5 nitrogen and oxygen atoms in total. The SMILES string of the molecule is CC(C)CC(=O)Nc1nnc(CCN)s1. The Morgan fingerprint density at radius 2 is 2.27 bits per heavy atom. The van der Waals surface area contributed by atoms with Crippen LogP contribution in [0.2, 0.25) is 0 Å². The van der Waals surface area contributed by atoms with Crippen LogP contribution >= 0.6 is 11.3 Å². The number of nitrogens with two attached hydrogens (primary N) is 1. The number of nitrogens with zero attached hydrogens (tertiary/aromatic N) is 2. The van der Waals surface area contributed by atoms with E-state index in [-0.39, 0.29) is 5.91 Å². The van der Waals surface area contributed by atoms with Crippen LogP contribution in [0, 0.1) is 5.92 Å². The highest BCUT2D eigenvalue weighted by atomic mass is 32.1. The standard InChI is InChI=1S/C9H16N4OS/c1-6(2)5-7(14)11-9-13-12-8(15-9)3-4-10/h6H,3-5,10H2,1-2H3,(H,11,13,14). The molecule has 0 aliphatic carbocycles. The van der Waals surface area contributed by atoms with Gasteiger partial charge in [-0.15, -0.1) is 10.2 Å². The molecule has 0 aliphatic heterocycles. The van der Waals surface area contributed by atoms with Gasteiger partial charge >= 0.3 is 0 Å². The monoisotopic (exact) mass is 228 g/mol. The molecule has 0 aliphatic rings. The van der Waals surface area contributed by atoms with Crippen LogP contribution in [0.4, 0.5) is 5.13 Å². The molecule has 1 amide bonds. The van der Waals surface area contributed by atoms with Crippen molar-refractivity contribution in [3.63, 3.8) is 0 Å². The normalized spacial score (nSPS) is 10.7. The highest BCUT2D eigenvalue weighted by molar-refractivity contribution is 7.15. The molecular formula is C9H16N4OS. The number of carbonyl (C=O) groups is 1. The molecule has 84 valence electrons. The van der Waals surface area contributed by atoms with Gasteiger partial charge in [-0.2, -0.15) is 0 Å². The molecule has 0 unspecified atom stereocenters. The summed E-state index contributed by atoms with van der Waals surface area (Å²) >= 11 is 1.38. The first-order valence-electron chi connectivity index (χ1n) is 4.94. The van der Waals surface area contributed by atoms with Gasteiger partial charge in [-0.05, 0) is 12.5 Å². The minimum atomic E-state index is -0.0135. The van der Waals surface area contributed by atoms with Gasteiger partial charge in [0.25, 0.3) is 0 Å². The predicted octanol–water partition coefficient (Wildman–Crippen LogP) is 1.02. The summed E-state index contributed by atoms with van der Waals surface area (Å²) in [6, 6.07) is 0. The second-order valence-corrected chi connectivity index (χ2v) is 4.75. The Balaban J connectivity index is 2.46. The number of carbonyl (C=O) groups excluding carboxylic acids is 1. The molecule has 0 radical (unpaired) electrons. The van der Waals surface area contributed by atoms with Crippen molar-refractivity contribution in [1.82, 2.24) is 10.2 Å². The third-order valence-corrected chi connectivity index (χ3v) is 2.56. The van der Waals surface area contributed by atoms with E-state index in [9.17, 15) is 4.79 Å². The van der Waals surface area contributed by atoms with Crippen molar-refractivity contribution >= 4 is 22.4 Å².